The van der Waals surface area contributed by atoms with Crippen LogP contribution in [0.5, 0.6) is 0 Å². The van der Waals surface area contributed by atoms with Crippen molar-refractivity contribution in [3.05, 3.63) is 70.5 Å². The fourth-order valence-corrected chi connectivity index (χ4v) is 3.66. The third kappa shape index (κ3) is 5.34. The number of hydrogen-bond donors (Lipinski definition) is 1. The van der Waals surface area contributed by atoms with E-state index < -0.39 is 0 Å². The van der Waals surface area contributed by atoms with Crippen molar-refractivity contribution in [2.45, 2.75) is 32.0 Å². The van der Waals surface area contributed by atoms with Gasteiger partial charge in [0.05, 0.1) is 5.75 Å². The molecule has 1 amide bonds. The Morgan fingerprint density at radius 3 is 2.67 bits per heavy atom. The summed E-state index contributed by atoms with van der Waals surface area (Å²) in [6.07, 6.45) is 0.675. The van der Waals surface area contributed by atoms with Crippen LogP contribution in [0.25, 0.3) is 0 Å². The Bertz CT molecular complexity index is 924. The highest BCUT2D eigenvalue weighted by atomic mass is 35.5. The van der Waals surface area contributed by atoms with Gasteiger partial charge in [-0.2, -0.15) is 0 Å². The lowest BCUT2D eigenvalue weighted by atomic mass is 10.1. The summed E-state index contributed by atoms with van der Waals surface area (Å²) >= 11 is 7.33. The third-order valence-electron chi connectivity index (χ3n) is 4.02. The molecule has 0 unspecified atom stereocenters. The van der Waals surface area contributed by atoms with Gasteiger partial charge < -0.3 is 9.88 Å². The topological polar surface area (TPSA) is 59.8 Å². The number of benzene rings is 2. The monoisotopic (exact) mass is 400 g/mol. The van der Waals surface area contributed by atoms with Gasteiger partial charge in [0, 0.05) is 23.7 Å². The van der Waals surface area contributed by atoms with Crippen molar-refractivity contribution in [2.24, 2.45) is 0 Å². The first-order valence-electron chi connectivity index (χ1n) is 8.71. The fraction of sp³-hybridized carbons (Fsp3) is 0.250. The van der Waals surface area contributed by atoms with E-state index in [0.717, 1.165) is 34.3 Å². The summed E-state index contributed by atoms with van der Waals surface area (Å²) in [5.74, 6) is 1.10. The summed E-state index contributed by atoms with van der Waals surface area (Å²) in [6, 6.07) is 15.5. The van der Waals surface area contributed by atoms with Gasteiger partial charge in [-0.25, -0.2) is 0 Å². The summed E-state index contributed by atoms with van der Waals surface area (Å²) in [4.78, 5) is 12.2. The molecule has 0 saturated carbocycles. The van der Waals surface area contributed by atoms with Gasteiger partial charge >= 0.3 is 0 Å². The Morgan fingerprint density at radius 2 is 1.96 bits per heavy atom. The zero-order chi connectivity index (χ0) is 19.2. The van der Waals surface area contributed by atoms with Crippen LogP contribution in [0.1, 0.15) is 23.9 Å². The van der Waals surface area contributed by atoms with Crippen LogP contribution < -0.4 is 5.32 Å². The molecule has 1 heterocycles. The highest BCUT2D eigenvalue weighted by Crippen LogP contribution is 2.20. The summed E-state index contributed by atoms with van der Waals surface area (Å²) in [6.45, 7) is 4.79. The number of aryl methyl sites for hydroxylation is 1. The molecule has 0 atom stereocenters. The van der Waals surface area contributed by atoms with Crippen LogP contribution in [0.4, 0.5) is 5.69 Å². The molecule has 7 heteroatoms. The lowest BCUT2D eigenvalue weighted by Gasteiger charge is -2.08. The number of amides is 1. The number of thioether (sulfide) groups is 1. The van der Waals surface area contributed by atoms with Gasteiger partial charge in [0.15, 0.2) is 5.16 Å². The van der Waals surface area contributed by atoms with Crippen LogP contribution in [0, 0.1) is 6.92 Å². The number of carbonyl (C=O) groups is 1. The predicted molar refractivity (Wildman–Crippen MR) is 110 cm³/mol. The molecule has 0 aliphatic heterocycles. The van der Waals surface area contributed by atoms with Gasteiger partial charge in [-0.05, 0) is 49.2 Å². The SMILES string of the molecule is CCn1c(Cc2ccc(Cl)cc2)nnc1SCC(=O)Nc1cccc(C)c1. The largest absolute Gasteiger partial charge is 0.325 e. The Morgan fingerprint density at radius 1 is 1.19 bits per heavy atom. The first-order valence-corrected chi connectivity index (χ1v) is 10.1. The molecule has 0 saturated heterocycles. The van der Waals surface area contributed by atoms with Crippen molar-refractivity contribution in [3.63, 3.8) is 0 Å². The molecule has 5 nitrogen and oxygen atoms in total. The van der Waals surface area contributed by atoms with E-state index in [9.17, 15) is 4.79 Å². The summed E-state index contributed by atoms with van der Waals surface area (Å²) in [5, 5.41) is 12.9. The van der Waals surface area contributed by atoms with Crippen molar-refractivity contribution in [1.82, 2.24) is 14.8 Å². The van der Waals surface area contributed by atoms with E-state index in [4.69, 9.17) is 11.6 Å². The number of nitrogens with zero attached hydrogens (tertiary/aromatic N) is 3. The second-order valence-electron chi connectivity index (χ2n) is 6.15. The molecule has 0 fully saturated rings. The minimum Gasteiger partial charge on any atom is -0.325 e. The number of rotatable bonds is 7. The average molecular weight is 401 g/mol. The molecule has 0 aliphatic rings. The van der Waals surface area contributed by atoms with E-state index in [1.165, 1.54) is 11.8 Å². The van der Waals surface area contributed by atoms with E-state index in [2.05, 4.69) is 15.5 Å². The number of hydrogen-bond acceptors (Lipinski definition) is 4. The van der Waals surface area contributed by atoms with E-state index in [1.54, 1.807) is 0 Å². The van der Waals surface area contributed by atoms with Crippen molar-refractivity contribution >= 4 is 35.0 Å². The zero-order valence-corrected chi connectivity index (χ0v) is 16.8. The summed E-state index contributed by atoms with van der Waals surface area (Å²) in [7, 11) is 0. The maximum Gasteiger partial charge on any atom is 0.234 e. The quantitative estimate of drug-likeness (QED) is 0.589. The molecule has 27 heavy (non-hydrogen) atoms. The lowest BCUT2D eigenvalue weighted by molar-refractivity contribution is -0.113. The Hall–Kier alpha value is -2.31. The maximum atomic E-state index is 12.2. The van der Waals surface area contributed by atoms with Crippen molar-refractivity contribution in [3.8, 4) is 0 Å². The standard InChI is InChI=1S/C20H21ClN4OS/c1-3-25-18(12-15-7-9-16(21)10-8-15)23-24-20(25)27-13-19(26)22-17-6-4-5-14(2)11-17/h4-11H,3,12-13H2,1-2H3,(H,22,26). The fourth-order valence-electron chi connectivity index (χ4n) is 2.71. The van der Waals surface area contributed by atoms with E-state index in [-0.39, 0.29) is 11.7 Å². The number of nitrogens with one attached hydrogen (secondary N) is 1. The summed E-state index contributed by atoms with van der Waals surface area (Å²) in [5.41, 5.74) is 3.04. The zero-order valence-electron chi connectivity index (χ0n) is 15.3. The van der Waals surface area contributed by atoms with Gasteiger partial charge in [0.2, 0.25) is 5.91 Å². The molecule has 3 aromatic rings. The molecule has 1 aromatic heterocycles. The Labute approximate surface area is 168 Å². The molecule has 1 N–H and O–H groups in total. The van der Waals surface area contributed by atoms with Crippen molar-refractivity contribution < 1.29 is 4.79 Å². The lowest BCUT2D eigenvalue weighted by Crippen LogP contribution is -2.14. The first kappa shape index (κ1) is 19.5. The second kappa shape index (κ2) is 9.06. The van der Waals surface area contributed by atoms with Crippen LogP contribution in [0.15, 0.2) is 53.7 Å². The van der Waals surface area contributed by atoms with Crippen LogP contribution in [0.3, 0.4) is 0 Å². The third-order valence-corrected chi connectivity index (χ3v) is 5.24. The van der Waals surface area contributed by atoms with Crippen molar-refractivity contribution in [2.75, 3.05) is 11.1 Å². The highest BCUT2D eigenvalue weighted by molar-refractivity contribution is 7.99. The van der Waals surface area contributed by atoms with Crippen LogP contribution in [-0.4, -0.2) is 26.4 Å². The van der Waals surface area contributed by atoms with Gasteiger partial charge in [0.1, 0.15) is 5.82 Å². The number of anilines is 1. The molecular formula is C20H21ClN4OS. The predicted octanol–water partition coefficient (Wildman–Crippen LogP) is 4.58. The summed E-state index contributed by atoms with van der Waals surface area (Å²) < 4.78 is 2.04. The first-order chi connectivity index (χ1) is 13.0. The average Bonchev–Trinajstić information content (AvgIpc) is 3.03. The van der Waals surface area contributed by atoms with Crippen LogP contribution >= 0.6 is 23.4 Å². The minimum atomic E-state index is -0.0597. The van der Waals surface area contributed by atoms with Gasteiger partial charge in [0.25, 0.3) is 0 Å². The van der Waals surface area contributed by atoms with Crippen LogP contribution in [0.2, 0.25) is 5.02 Å². The number of aromatic nitrogens is 3. The van der Waals surface area contributed by atoms with Crippen molar-refractivity contribution in [1.29, 1.82) is 0 Å². The van der Waals surface area contributed by atoms with Gasteiger partial charge in [-0.3, -0.25) is 4.79 Å². The molecule has 140 valence electrons. The normalized spacial score (nSPS) is 10.8. The van der Waals surface area contributed by atoms with Gasteiger partial charge in [-0.15, -0.1) is 10.2 Å². The second-order valence-corrected chi connectivity index (χ2v) is 7.53. The van der Waals surface area contributed by atoms with Gasteiger partial charge in [-0.1, -0.05) is 47.6 Å². The highest BCUT2D eigenvalue weighted by Gasteiger charge is 2.14. The minimum absolute atomic E-state index is 0.0597. The van der Waals surface area contributed by atoms with E-state index in [0.29, 0.717) is 11.4 Å². The molecular weight excluding hydrogens is 380 g/mol. The van der Waals surface area contributed by atoms with Crippen LogP contribution in [-0.2, 0) is 17.8 Å². The molecule has 0 radical (unpaired) electrons. The molecule has 0 bridgehead atoms. The maximum absolute atomic E-state index is 12.2. The molecule has 0 spiro atoms. The Balaban J connectivity index is 1.62. The number of halogens is 1. The van der Waals surface area contributed by atoms with E-state index in [1.807, 2.05) is 66.9 Å². The molecule has 0 aliphatic carbocycles. The molecule has 3 rings (SSSR count). The Kier molecular flexibility index (Phi) is 6.53. The molecule has 2 aromatic carbocycles. The number of carbonyl (C=O) groups excluding carboxylic acids is 1. The smallest absolute Gasteiger partial charge is 0.234 e. The van der Waals surface area contributed by atoms with E-state index >= 15 is 0 Å².